The first-order chi connectivity index (χ1) is 18.2. The lowest BCUT2D eigenvalue weighted by atomic mass is 10.1. The van der Waals surface area contributed by atoms with Gasteiger partial charge in [0.1, 0.15) is 0 Å². The topological polar surface area (TPSA) is 85.0 Å². The second-order valence-corrected chi connectivity index (χ2v) is 9.69. The molecule has 3 amide bonds. The number of nitrogens with one attached hydrogen (secondary N) is 2. The number of rotatable bonds is 8. The molecule has 204 valence electrons. The molecular formula is C27H32F3N5O3. The first-order valence-electron chi connectivity index (χ1n) is 12.7. The van der Waals surface area contributed by atoms with Gasteiger partial charge in [0.15, 0.2) is 0 Å². The lowest BCUT2D eigenvalue weighted by Gasteiger charge is -2.35. The van der Waals surface area contributed by atoms with Gasteiger partial charge in [-0.25, -0.2) is 0 Å². The lowest BCUT2D eigenvalue weighted by molar-refractivity contribution is -0.137. The highest BCUT2D eigenvalue weighted by Gasteiger charge is 2.31. The smallest absolute Gasteiger partial charge is 0.350 e. The largest absolute Gasteiger partial charge is 0.416 e. The van der Waals surface area contributed by atoms with E-state index in [0.717, 1.165) is 37.8 Å². The number of amides is 3. The molecular weight excluding hydrogens is 499 g/mol. The van der Waals surface area contributed by atoms with E-state index in [1.807, 2.05) is 28.0 Å². The average Bonchev–Trinajstić information content (AvgIpc) is 3.34. The summed E-state index contributed by atoms with van der Waals surface area (Å²) < 4.78 is 38.6. The number of alkyl halides is 3. The summed E-state index contributed by atoms with van der Waals surface area (Å²) in [6.45, 7) is 5.02. The third-order valence-electron chi connectivity index (χ3n) is 6.83. The van der Waals surface area contributed by atoms with Gasteiger partial charge in [0, 0.05) is 57.4 Å². The van der Waals surface area contributed by atoms with Crippen molar-refractivity contribution in [2.24, 2.45) is 0 Å². The zero-order valence-electron chi connectivity index (χ0n) is 21.0. The summed E-state index contributed by atoms with van der Waals surface area (Å²) in [6, 6.07) is 14.1. The second kappa shape index (κ2) is 12.4. The Balaban J connectivity index is 1.14. The summed E-state index contributed by atoms with van der Waals surface area (Å²) in [5.74, 6) is -1.11. The number of hydrogen-bond donors (Lipinski definition) is 2. The minimum absolute atomic E-state index is 0.0738. The van der Waals surface area contributed by atoms with Crippen LogP contribution >= 0.6 is 0 Å². The fourth-order valence-corrected chi connectivity index (χ4v) is 4.76. The molecule has 2 saturated heterocycles. The van der Waals surface area contributed by atoms with E-state index >= 15 is 0 Å². The maximum Gasteiger partial charge on any atom is 0.416 e. The predicted molar refractivity (Wildman–Crippen MR) is 135 cm³/mol. The number of piperazine rings is 1. The Hall–Kier alpha value is -3.44. The van der Waals surface area contributed by atoms with Crippen LogP contribution in [0.1, 0.15) is 27.9 Å². The van der Waals surface area contributed by atoms with Crippen molar-refractivity contribution in [2.75, 3.05) is 52.4 Å². The molecule has 8 nitrogen and oxygen atoms in total. The Kier molecular flexibility index (Phi) is 9.01. The SMILES string of the molecule is O=C(CNC(=O)c1cccc(C(F)(F)F)c1)N[C@@H]1CCN(CC(=O)N2CCN(Cc3ccccc3)CC2)C1. The van der Waals surface area contributed by atoms with Crippen molar-refractivity contribution in [3.05, 3.63) is 71.3 Å². The van der Waals surface area contributed by atoms with Crippen molar-refractivity contribution in [1.29, 1.82) is 0 Å². The van der Waals surface area contributed by atoms with Crippen molar-refractivity contribution in [3.63, 3.8) is 0 Å². The molecule has 4 rings (SSSR count). The van der Waals surface area contributed by atoms with Crippen molar-refractivity contribution in [2.45, 2.75) is 25.2 Å². The Morgan fingerprint density at radius 1 is 0.895 bits per heavy atom. The number of carbonyl (C=O) groups is 3. The minimum atomic E-state index is -4.56. The van der Waals surface area contributed by atoms with Crippen LogP contribution in [0, 0.1) is 0 Å². The van der Waals surface area contributed by atoms with Crippen LogP contribution in [0.5, 0.6) is 0 Å². The Bertz CT molecular complexity index is 1120. The summed E-state index contributed by atoms with van der Waals surface area (Å²) in [5, 5.41) is 5.19. The molecule has 0 bridgehead atoms. The molecule has 0 aromatic heterocycles. The Morgan fingerprint density at radius 2 is 1.63 bits per heavy atom. The maximum absolute atomic E-state index is 12.9. The molecule has 11 heteroatoms. The molecule has 2 aromatic rings. The van der Waals surface area contributed by atoms with Gasteiger partial charge in [0.05, 0.1) is 18.7 Å². The molecule has 1 atom stereocenters. The zero-order valence-corrected chi connectivity index (χ0v) is 21.0. The quantitative estimate of drug-likeness (QED) is 0.544. The van der Waals surface area contributed by atoms with Crippen LogP contribution in [-0.2, 0) is 22.3 Å². The summed E-state index contributed by atoms with van der Waals surface area (Å²) in [4.78, 5) is 43.5. The van der Waals surface area contributed by atoms with E-state index in [9.17, 15) is 27.6 Å². The van der Waals surface area contributed by atoms with Crippen LogP contribution in [0.25, 0.3) is 0 Å². The molecule has 0 saturated carbocycles. The van der Waals surface area contributed by atoms with Gasteiger partial charge in [-0.15, -0.1) is 0 Å². The van der Waals surface area contributed by atoms with E-state index in [-0.39, 0.29) is 30.6 Å². The third kappa shape index (κ3) is 7.78. The van der Waals surface area contributed by atoms with Crippen LogP contribution in [0.4, 0.5) is 13.2 Å². The zero-order chi connectivity index (χ0) is 27.1. The van der Waals surface area contributed by atoms with Crippen LogP contribution in [0.15, 0.2) is 54.6 Å². The summed E-state index contributed by atoms with van der Waals surface area (Å²) in [5.41, 5.74) is 0.163. The number of benzene rings is 2. The van der Waals surface area contributed by atoms with E-state index in [1.54, 1.807) is 0 Å². The fraction of sp³-hybridized carbons (Fsp3) is 0.444. The molecule has 38 heavy (non-hydrogen) atoms. The van der Waals surface area contributed by atoms with Gasteiger partial charge >= 0.3 is 6.18 Å². The van der Waals surface area contributed by atoms with Crippen LogP contribution in [0.3, 0.4) is 0 Å². The monoisotopic (exact) mass is 531 g/mol. The number of carbonyl (C=O) groups excluding carboxylic acids is 3. The van der Waals surface area contributed by atoms with Crippen LogP contribution in [0.2, 0.25) is 0 Å². The molecule has 2 aliphatic heterocycles. The summed E-state index contributed by atoms with van der Waals surface area (Å²) >= 11 is 0. The highest BCUT2D eigenvalue weighted by atomic mass is 19.4. The molecule has 0 spiro atoms. The molecule has 0 unspecified atom stereocenters. The van der Waals surface area contributed by atoms with Crippen LogP contribution in [-0.4, -0.2) is 90.8 Å². The average molecular weight is 532 g/mol. The molecule has 2 heterocycles. The first-order valence-corrected chi connectivity index (χ1v) is 12.7. The number of nitrogens with zero attached hydrogens (tertiary/aromatic N) is 3. The van der Waals surface area contributed by atoms with Gasteiger partial charge in [-0.1, -0.05) is 36.4 Å². The number of likely N-dealkylation sites (tertiary alicyclic amines) is 1. The second-order valence-electron chi connectivity index (χ2n) is 9.69. The number of halogens is 3. The molecule has 2 N–H and O–H groups in total. The standard InChI is InChI=1S/C27H32F3N5O3/c28-27(29,30)22-8-4-7-21(15-22)26(38)31-16-24(36)32-23-9-10-34(18-23)19-25(37)35-13-11-33(12-14-35)17-20-5-2-1-3-6-20/h1-8,15,23H,9-14,16-19H2,(H,31,38)(H,32,36)/t23-/m1/s1. The fourth-order valence-electron chi connectivity index (χ4n) is 4.76. The van der Waals surface area contributed by atoms with Crippen LogP contribution < -0.4 is 10.6 Å². The van der Waals surface area contributed by atoms with Gasteiger partial charge in [-0.05, 0) is 30.2 Å². The van der Waals surface area contributed by atoms with Crippen molar-refractivity contribution in [3.8, 4) is 0 Å². The first kappa shape index (κ1) is 27.6. The molecule has 0 radical (unpaired) electrons. The molecule has 0 aliphatic carbocycles. The van der Waals surface area contributed by atoms with Crippen molar-refractivity contribution in [1.82, 2.24) is 25.3 Å². The van der Waals surface area contributed by atoms with E-state index in [0.29, 0.717) is 32.6 Å². The highest BCUT2D eigenvalue weighted by molar-refractivity contribution is 5.96. The third-order valence-corrected chi connectivity index (χ3v) is 6.83. The maximum atomic E-state index is 12.9. The number of hydrogen-bond acceptors (Lipinski definition) is 5. The minimum Gasteiger partial charge on any atom is -0.350 e. The van der Waals surface area contributed by atoms with Gasteiger partial charge in [0.2, 0.25) is 11.8 Å². The Morgan fingerprint density at radius 3 is 2.34 bits per heavy atom. The van der Waals surface area contributed by atoms with Gasteiger partial charge in [-0.3, -0.25) is 24.2 Å². The van der Waals surface area contributed by atoms with Gasteiger partial charge in [0.25, 0.3) is 5.91 Å². The predicted octanol–water partition coefficient (Wildman–Crippen LogP) is 1.97. The van der Waals surface area contributed by atoms with E-state index in [1.165, 1.54) is 11.6 Å². The van der Waals surface area contributed by atoms with Gasteiger partial charge in [-0.2, -0.15) is 13.2 Å². The normalized spacial score (nSPS) is 18.8. The van der Waals surface area contributed by atoms with Gasteiger partial charge < -0.3 is 15.5 Å². The molecule has 2 fully saturated rings. The summed E-state index contributed by atoms with van der Waals surface area (Å²) in [7, 11) is 0. The Labute approximate surface area is 219 Å². The van der Waals surface area contributed by atoms with E-state index < -0.39 is 23.6 Å². The van der Waals surface area contributed by atoms with Crippen molar-refractivity contribution >= 4 is 17.7 Å². The van der Waals surface area contributed by atoms with E-state index in [4.69, 9.17) is 0 Å². The molecule has 2 aromatic carbocycles. The highest BCUT2D eigenvalue weighted by Crippen LogP contribution is 2.29. The van der Waals surface area contributed by atoms with Crippen molar-refractivity contribution < 1.29 is 27.6 Å². The lowest BCUT2D eigenvalue weighted by Crippen LogP contribution is -2.51. The van der Waals surface area contributed by atoms with E-state index in [2.05, 4.69) is 27.7 Å². The molecule has 2 aliphatic rings. The summed E-state index contributed by atoms with van der Waals surface area (Å²) in [6.07, 6.45) is -3.88.